The van der Waals surface area contributed by atoms with Crippen molar-refractivity contribution in [3.63, 3.8) is 0 Å². The number of nitrogens with two attached hydrogens (primary N) is 1. The molecule has 1 aromatic heterocycles. The van der Waals surface area contributed by atoms with Gasteiger partial charge in [-0.3, -0.25) is 5.41 Å². The summed E-state index contributed by atoms with van der Waals surface area (Å²) in [7, 11) is 0. The Morgan fingerprint density at radius 1 is 1.32 bits per heavy atom. The number of benzene rings is 1. The van der Waals surface area contributed by atoms with Gasteiger partial charge >= 0.3 is 6.18 Å². The van der Waals surface area contributed by atoms with E-state index in [1.807, 2.05) is 0 Å². The molecule has 1 aromatic carbocycles. The van der Waals surface area contributed by atoms with Crippen LogP contribution in [0.25, 0.3) is 5.69 Å². The molecule has 0 amide bonds. The molecule has 0 saturated heterocycles. The number of alkyl halides is 3. The number of hydrogen-bond donors (Lipinski definition) is 2. The van der Waals surface area contributed by atoms with E-state index >= 15 is 0 Å². The molecule has 100 valence electrons. The fourth-order valence-electron chi connectivity index (χ4n) is 1.48. The van der Waals surface area contributed by atoms with Crippen LogP contribution in [-0.2, 0) is 6.18 Å². The molecule has 2 aromatic rings. The first-order valence-electron chi connectivity index (χ1n) is 5.06. The lowest BCUT2D eigenvalue weighted by Gasteiger charge is -2.06. The fraction of sp³-hybridized carbons (Fsp3) is 0.0909. The Morgan fingerprint density at radius 2 is 2.00 bits per heavy atom. The third-order valence-electron chi connectivity index (χ3n) is 2.39. The predicted molar refractivity (Wildman–Crippen MR) is 67.3 cm³/mol. The number of nitrogens with zero attached hydrogens (tertiary/aromatic N) is 2. The first-order chi connectivity index (χ1) is 8.79. The van der Waals surface area contributed by atoms with Gasteiger partial charge in [-0.05, 0) is 40.2 Å². The van der Waals surface area contributed by atoms with Crippen molar-refractivity contribution in [2.24, 2.45) is 5.73 Å². The first-order valence-corrected chi connectivity index (χ1v) is 5.85. The summed E-state index contributed by atoms with van der Waals surface area (Å²) in [4.78, 5) is 0. The van der Waals surface area contributed by atoms with Crippen LogP contribution in [0.3, 0.4) is 0 Å². The summed E-state index contributed by atoms with van der Waals surface area (Å²) in [5, 5.41) is 10.8. The molecular weight excluding hydrogens is 325 g/mol. The molecule has 0 fully saturated rings. The molecule has 1 heterocycles. The molecule has 0 spiro atoms. The van der Waals surface area contributed by atoms with Crippen LogP contribution in [0.5, 0.6) is 0 Å². The van der Waals surface area contributed by atoms with E-state index in [1.165, 1.54) is 18.3 Å². The highest BCUT2D eigenvalue weighted by molar-refractivity contribution is 9.10. The second kappa shape index (κ2) is 4.69. The largest absolute Gasteiger partial charge is 0.435 e. The highest BCUT2D eigenvalue weighted by Gasteiger charge is 2.33. The molecule has 0 aliphatic heterocycles. The SMILES string of the molecule is N=C(N)c1ccc(-n2ccc(C(F)(F)F)n2)cc1Br. The summed E-state index contributed by atoms with van der Waals surface area (Å²) in [5.41, 5.74) is 5.29. The van der Waals surface area contributed by atoms with Crippen molar-refractivity contribution < 1.29 is 13.2 Å². The smallest absolute Gasteiger partial charge is 0.384 e. The van der Waals surface area contributed by atoms with E-state index in [0.29, 0.717) is 15.7 Å². The van der Waals surface area contributed by atoms with E-state index in [1.54, 1.807) is 6.07 Å². The number of nitrogens with one attached hydrogen (secondary N) is 1. The summed E-state index contributed by atoms with van der Waals surface area (Å²) in [6.07, 6.45) is -3.25. The predicted octanol–water partition coefficient (Wildman–Crippen LogP) is 2.94. The molecule has 0 radical (unpaired) electrons. The quantitative estimate of drug-likeness (QED) is 0.655. The number of hydrogen-bond acceptors (Lipinski definition) is 2. The van der Waals surface area contributed by atoms with Crippen molar-refractivity contribution in [3.8, 4) is 5.69 Å². The zero-order chi connectivity index (χ0) is 14.2. The van der Waals surface area contributed by atoms with Gasteiger partial charge in [-0.25, -0.2) is 4.68 Å². The average Bonchev–Trinajstić information content (AvgIpc) is 2.76. The van der Waals surface area contributed by atoms with E-state index in [4.69, 9.17) is 11.1 Å². The number of halogens is 4. The molecular formula is C11H8BrF3N4. The van der Waals surface area contributed by atoms with Crippen LogP contribution < -0.4 is 5.73 Å². The van der Waals surface area contributed by atoms with Gasteiger partial charge in [-0.2, -0.15) is 18.3 Å². The summed E-state index contributed by atoms with van der Waals surface area (Å²) in [6, 6.07) is 5.52. The summed E-state index contributed by atoms with van der Waals surface area (Å²) >= 11 is 3.21. The van der Waals surface area contributed by atoms with Crippen LogP contribution in [0, 0.1) is 5.41 Å². The molecule has 0 saturated carbocycles. The van der Waals surface area contributed by atoms with Gasteiger partial charge in [-0.1, -0.05) is 0 Å². The molecule has 3 N–H and O–H groups in total. The Morgan fingerprint density at radius 3 is 2.47 bits per heavy atom. The Labute approximate surface area is 114 Å². The van der Waals surface area contributed by atoms with E-state index in [2.05, 4.69) is 21.0 Å². The lowest BCUT2D eigenvalue weighted by molar-refractivity contribution is -0.141. The van der Waals surface area contributed by atoms with Crippen molar-refractivity contribution in [1.29, 1.82) is 5.41 Å². The maximum Gasteiger partial charge on any atom is 0.435 e. The molecule has 4 nitrogen and oxygen atoms in total. The zero-order valence-electron chi connectivity index (χ0n) is 9.37. The molecule has 0 aliphatic carbocycles. The van der Waals surface area contributed by atoms with E-state index < -0.39 is 11.9 Å². The Kier molecular flexibility index (Phi) is 3.36. The van der Waals surface area contributed by atoms with E-state index in [-0.39, 0.29) is 5.84 Å². The molecule has 2 rings (SSSR count). The maximum atomic E-state index is 12.4. The first kappa shape index (κ1) is 13.6. The number of rotatable bonds is 2. The minimum Gasteiger partial charge on any atom is -0.384 e. The van der Waals surface area contributed by atoms with Gasteiger partial charge in [0.05, 0.1) is 5.69 Å². The minimum atomic E-state index is -4.47. The standard InChI is InChI=1S/C11H8BrF3N4/c12-8-5-6(1-2-7(8)10(16)17)19-4-3-9(18-19)11(13,14)15/h1-5H,(H3,16,17). The van der Waals surface area contributed by atoms with Crippen molar-refractivity contribution in [2.75, 3.05) is 0 Å². The summed E-state index contributed by atoms with van der Waals surface area (Å²) in [6.45, 7) is 0. The van der Waals surface area contributed by atoms with Crippen molar-refractivity contribution in [1.82, 2.24) is 9.78 Å². The second-order valence-corrected chi connectivity index (χ2v) is 4.58. The highest BCUT2D eigenvalue weighted by atomic mass is 79.9. The van der Waals surface area contributed by atoms with Gasteiger partial charge in [0.25, 0.3) is 0 Å². The van der Waals surface area contributed by atoms with E-state index in [0.717, 1.165) is 10.7 Å². The lowest BCUT2D eigenvalue weighted by Crippen LogP contribution is -2.12. The lowest BCUT2D eigenvalue weighted by atomic mass is 10.2. The molecule has 19 heavy (non-hydrogen) atoms. The average molecular weight is 333 g/mol. The van der Waals surface area contributed by atoms with Gasteiger partial charge in [-0.15, -0.1) is 0 Å². The second-order valence-electron chi connectivity index (χ2n) is 3.72. The van der Waals surface area contributed by atoms with Gasteiger partial charge in [0.15, 0.2) is 5.69 Å². The van der Waals surface area contributed by atoms with Crippen molar-refractivity contribution in [2.45, 2.75) is 6.18 Å². The number of nitrogen functional groups attached to an aromatic ring is 1. The van der Waals surface area contributed by atoms with Crippen LogP contribution in [-0.4, -0.2) is 15.6 Å². The number of aromatic nitrogens is 2. The van der Waals surface area contributed by atoms with Gasteiger partial charge in [0, 0.05) is 16.2 Å². The van der Waals surface area contributed by atoms with Gasteiger partial charge in [0.1, 0.15) is 5.84 Å². The van der Waals surface area contributed by atoms with E-state index in [9.17, 15) is 13.2 Å². The Hall–Kier alpha value is -1.83. The molecule has 0 unspecified atom stereocenters. The van der Waals surface area contributed by atoms with Crippen molar-refractivity contribution >= 4 is 21.8 Å². The molecule has 8 heteroatoms. The topological polar surface area (TPSA) is 67.7 Å². The molecule has 0 aliphatic rings. The van der Waals surface area contributed by atoms with Gasteiger partial charge < -0.3 is 5.73 Å². The summed E-state index contributed by atoms with van der Waals surface area (Å²) in [5.74, 6) is -0.130. The minimum absolute atomic E-state index is 0.130. The van der Waals surface area contributed by atoms with Crippen LogP contribution in [0.4, 0.5) is 13.2 Å². The number of amidine groups is 1. The van der Waals surface area contributed by atoms with Crippen LogP contribution in [0.2, 0.25) is 0 Å². The van der Waals surface area contributed by atoms with Gasteiger partial charge in [0.2, 0.25) is 0 Å². The van der Waals surface area contributed by atoms with Crippen LogP contribution in [0.15, 0.2) is 34.9 Å². The monoisotopic (exact) mass is 332 g/mol. The third kappa shape index (κ3) is 2.78. The Bertz CT molecular complexity index is 633. The van der Waals surface area contributed by atoms with Crippen LogP contribution >= 0.6 is 15.9 Å². The summed E-state index contributed by atoms with van der Waals surface area (Å²) < 4.78 is 38.9. The fourth-order valence-corrected chi connectivity index (χ4v) is 2.06. The zero-order valence-corrected chi connectivity index (χ0v) is 11.0. The van der Waals surface area contributed by atoms with Crippen LogP contribution in [0.1, 0.15) is 11.3 Å². The van der Waals surface area contributed by atoms with Crippen molar-refractivity contribution in [3.05, 3.63) is 46.2 Å². The third-order valence-corrected chi connectivity index (χ3v) is 3.04. The maximum absolute atomic E-state index is 12.4. The highest BCUT2D eigenvalue weighted by Crippen LogP contribution is 2.28. The molecule has 0 atom stereocenters. The molecule has 0 bridgehead atoms. The normalized spacial score (nSPS) is 11.6. The Balaban J connectivity index is 2.40.